The van der Waals surface area contributed by atoms with Crippen LogP contribution in [-0.2, 0) is 25.7 Å². The Morgan fingerprint density at radius 3 is 2.33 bits per heavy atom. The maximum absolute atomic E-state index is 15.5. The number of anilines is 2. The SMILES string of the molecule is C#CCN(Cc1ccc2nc(N)[nH]c(=O)c2c1)c1ccc(C(=O)N(C(=O)CC[C@H](N)C(=O)O)[C@H](CCC(=O)O)C(=O)O)c(F)c1. The molecule has 1 aromatic heterocycles. The van der Waals surface area contributed by atoms with Gasteiger partial charge < -0.3 is 31.7 Å². The fourth-order valence-corrected chi connectivity index (χ4v) is 4.45. The van der Waals surface area contributed by atoms with Gasteiger partial charge in [-0.25, -0.2) is 14.2 Å². The molecule has 0 spiro atoms. The number of carbonyl (C=O) groups is 5. The highest BCUT2D eigenvalue weighted by molar-refractivity contribution is 6.07. The summed E-state index contributed by atoms with van der Waals surface area (Å²) in [6.07, 6.45) is 2.91. The summed E-state index contributed by atoms with van der Waals surface area (Å²) in [6.45, 7) is 0.0489. The lowest BCUT2D eigenvalue weighted by Gasteiger charge is -2.28. The smallest absolute Gasteiger partial charge is 0.326 e. The van der Waals surface area contributed by atoms with E-state index >= 15 is 4.39 Å². The van der Waals surface area contributed by atoms with Crippen molar-refractivity contribution in [2.24, 2.45) is 5.73 Å². The van der Waals surface area contributed by atoms with Crippen LogP contribution in [0.2, 0.25) is 0 Å². The normalized spacial score (nSPS) is 12.1. The lowest BCUT2D eigenvalue weighted by Crippen LogP contribution is -2.49. The Balaban J connectivity index is 1.96. The topological polar surface area (TPSA) is 250 Å². The second kappa shape index (κ2) is 14.6. The number of aromatic amines is 1. The van der Waals surface area contributed by atoms with Gasteiger partial charge >= 0.3 is 17.9 Å². The van der Waals surface area contributed by atoms with Crippen molar-refractivity contribution < 1.29 is 43.7 Å². The zero-order valence-electron chi connectivity index (χ0n) is 23.6. The maximum Gasteiger partial charge on any atom is 0.326 e. The molecule has 0 saturated carbocycles. The number of hydrogen-bond acceptors (Lipinski definition) is 10. The highest BCUT2D eigenvalue weighted by atomic mass is 19.1. The number of carboxylic acids is 3. The van der Waals surface area contributed by atoms with Gasteiger partial charge in [0.2, 0.25) is 11.9 Å². The fourth-order valence-electron chi connectivity index (χ4n) is 4.45. The summed E-state index contributed by atoms with van der Waals surface area (Å²) in [6, 6.07) is 4.53. The summed E-state index contributed by atoms with van der Waals surface area (Å²) in [5, 5.41) is 28.0. The van der Waals surface area contributed by atoms with Gasteiger partial charge in [-0.1, -0.05) is 12.0 Å². The average molecular weight is 625 g/mol. The Morgan fingerprint density at radius 2 is 1.73 bits per heavy atom. The highest BCUT2D eigenvalue weighted by Crippen LogP contribution is 2.24. The number of imide groups is 1. The van der Waals surface area contributed by atoms with Crippen molar-refractivity contribution >= 4 is 52.3 Å². The number of nitrogen functional groups attached to an aromatic ring is 1. The summed E-state index contributed by atoms with van der Waals surface area (Å²) in [5.74, 6) is -5.93. The van der Waals surface area contributed by atoms with Gasteiger partial charge in [-0.3, -0.25) is 33.9 Å². The van der Waals surface area contributed by atoms with E-state index in [0.717, 1.165) is 12.1 Å². The molecule has 0 aliphatic carbocycles. The number of nitrogens with two attached hydrogens (primary N) is 2. The third-order valence-electron chi connectivity index (χ3n) is 6.69. The molecule has 0 saturated heterocycles. The molecular formula is C29H29FN6O9. The monoisotopic (exact) mass is 624 g/mol. The summed E-state index contributed by atoms with van der Waals surface area (Å²) in [5.41, 5.74) is 11.0. The van der Waals surface area contributed by atoms with Gasteiger partial charge in [-0.2, -0.15) is 0 Å². The van der Waals surface area contributed by atoms with Crippen molar-refractivity contribution in [2.45, 2.75) is 44.3 Å². The minimum Gasteiger partial charge on any atom is -0.481 e. The predicted molar refractivity (Wildman–Crippen MR) is 157 cm³/mol. The molecule has 0 bridgehead atoms. The minimum absolute atomic E-state index is 0.0359. The average Bonchev–Trinajstić information content (AvgIpc) is 2.97. The van der Waals surface area contributed by atoms with E-state index in [9.17, 15) is 33.9 Å². The highest BCUT2D eigenvalue weighted by Gasteiger charge is 2.37. The van der Waals surface area contributed by atoms with Crippen molar-refractivity contribution in [1.82, 2.24) is 14.9 Å². The van der Waals surface area contributed by atoms with Crippen LogP contribution < -0.4 is 21.9 Å². The van der Waals surface area contributed by atoms with E-state index in [1.54, 1.807) is 23.1 Å². The molecule has 1 heterocycles. The summed E-state index contributed by atoms with van der Waals surface area (Å²) >= 11 is 0. The molecule has 2 aromatic carbocycles. The number of terminal acetylenes is 1. The van der Waals surface area contributed by atoms with Crippen molar-refractivity contribution in [1.29, 1.82) is 0 Å². The molecule has 3 aromatic rings. The molecule has 2 amide bonds. The van der Waals surface area contributed by atoms with Crippen LogP contribution in [0.25, 0.3) is 10.9 Å². The molecule has 236 valence electrons. The van der Waals surface area contributed by atoms with Gasteiger partial charge in [-0.05, 0) is 48.7 Å². The molecular weight excluding hydrogens is 595 g/mol. The first-order valence-electron chi connectivity index (χ1n) is 13.3. The summed E-state index contributed by atoms with van der Waals surface area (Å²) in [7, 11) is 0. The zero-order valence-corrected chi connectivity index (χ0v) is 23.6. The third-order valence-corrected chi connectivity index (χ3v) is 6.69. The van der Waals surface area contributed by atoms with Gasteiger partial charge in [0.15, 0.2) is 0 Å². The number of aliphatic carboxylic acids is 3. The first kappa shape index (κ1) is 33.7. The zero-order chi connectivity index (χ0) is 33.4. The number of carbonyl (C=O) groups excluding carboxylic acids is 2. The number of rotatable bonds is 14. The number of H-pyrrole nitrogens is 1. The summed E-state index contributed by atoms with van der Waals surface area (Å²) in [4.78, 5) is 81.2. The number of halogens is 1. The van der Waals surface area contributed by atoms with Crippen LogP contribution in [-0.4, -0.2) is 78.5 Å². The molecule has 0 aliphatic rings. The Labute approximate surface area is 254 Å². The molecule has 0 unspecified atom stereocenters. The number of aromatic nitrogens is 2. The van der Waals surface area contributed by atoms with Crippen molar-refractivity contribution in [3.05, 3.63) is 63.7 Å². The van der Waals surface area contributed by atoms with Crippen molar-refractivity contribution in [3.63, 3.8) is 0 Å². The van der Waals surface area contributed by atoms with Crippen LogP contribution in [0, 0.1) is 18.2 Å². The Kier molecular flexibility index (Phi) is 10.9. The largest absolute Gasteiger partial charge is 0.481 e. The van der Waals surface area contributed by atoms with E-state index in [1.165, 1.54) is 6.07 Å². The Bertz CT molecular complexity index is 1750. The predicted octanol–water partition coefficient (Wildman–Crippen LogP) is 0.763. The van der Waals surface area contributed by atoms with Crippen LogP contribution in [0.4, 0.5) is 16.0 Å². The van der Waals surface area contributed by atoms with E-state index in [1.807, 2.05) is 0 Å². The lowest BCUT2D eigenvalue weighted by atomic mass is 10.0. The molecule has 8 N–H and O–H groups in total. The van der Waals surface area contributed by atoms with Crippen LogP contribution in [0.15, 0.2) is 41.2 Å². The first-order valence-corrected chi connectivity index (χ1v) is 13.3. The van der Waals surface area contributed by atoms with E-state index in [-0.39, 0.29) is 35.0 Å². The molecule has 0 aliphatic heterocycles. The maximum atomic E-state index is 15.5. The molecule has 45 heavy (non-hydrogen) atoms. The number of carboxylic acid groups (broad SMARTS) is 3. The Morgan fingerprint density at radius 1 is 1.02 bits per heavy atom. The molecule has 3 rings (SSSR count). The lowest BCUT2D eigenvalue weighted by molar-refractivity contribution is -0.149. The van der Waals surface area contributed by atoms with Gasteiger partial charge in [0.1, 0.15) is 17.9 Å². The van der Waals surface area contributed by atoms with Crippen LogP contribution in [0.1, 0.15) is 41.6 Å². The van der Waals surface area contributed by atoms with Crippen LogP contribution >= 0.6 is 0 Å². The number of nitrogens with one attached hydrogen (secondary N) is 1. The van der Waals surface area contributed by atoms with Gasteiger partial charge in [0.25, 0.3) is 11.5 Å². The third kappa shape index (κ3) is 8.39. The number of hydrogen-bond donors (Lipinski definition) is 6. The van der Waals surface area contributed by atoms with Crippen molar-refractivity contribution in [2.75, 3.05) is 17.2 Å². The number of benzene rings is 2. The van der Waals surface area contributed by atoms with E-state index in [4.69, 9.17) is 28.1 Å². The number of amides is 2. The van der Waals surface area contributed by atoms with Crippen LogP contribution in [0.3, 0.4) is 0 Å². The molecule has 0 radical (unpaired) electrons. The quantitative estimate of drug-likeness (QED) is 0.136. The molecule has 0 fully saturated rings. The fraction of sp³-hybridized carbons (Fsp3) is 0.276. The van der Waals surface area contributed by atoms with Gasteiger partial charge in [-0.15, -0.1) is 6.42 Å². The summed E-state index contributed by atoms with van der Waals surface area (Å²) < 4.78 is 15.5. The van der Waals surface area contributed by atoms with Gasteiger partial charge in [0, 0.05) is 25.1 Å². The Hall–Kier alpha value is -5.82. The standard InChI is InChI=1S/C29H29FN6O9/c1-2-11-35(14-15-3-7-21-18(12-15)25(40)34-29(32)33-21)16-4-5-17(19(30)13-16)26(41)36(22(28(44)45)8-10-24(38)39)23(37)9-6-20(31)27(42)43/h1,3-5,7,12-13,20,22H,6,8-11,14,31H2,(H,38,39)(H,42,43)(H,44,45)(H3,32,33,34,40)/t20-,22+/m0/s1. The van der Waals surface area contributed by atoms with Crippen molar-refractivity contribution in [3.8, 4) is 12.3 Å². The molecule has 16 heteroatoms. The molecule has 2 atom stereocenters. The van der Waals surface area contributed by atoms with E-state index in [2.05, 4.69) is 15.9 Å². The molecule has 15 nitrogen and oxygen atoms in total. The van der Waals surface area contributed by atoms with E-state index in [0.29, 0.717) is 11.1 Å². The second-order valence-corrected chi connectivity index (χ2v) is 9.87. The number of fused-ring (bicyclic) bond motifs is 1. The van der Waals surface area contributed by atoms with Crippen LogP contribution in [0.5, 0.6) is 0 Å². The second-order valence-electron chi connectivity index (χ2n) is 9.87. The number of nitrogens with zero attached hydrogens (tertiary/aromatic N) is 3. The first-order chi connectivity index (χ1) is 21.2. The minimum atomic E-state index is -2.00. The van der Waals surface area contributed by atoms with Gasteiger partial charge in [0.05, 0.1) is 23.0 Å². The van der Waals surface area contributed by atoms with E-state index < -0.39 is 84.4 Å².